The molecule has 4 aromatic rings. The van der Waals surface area contributed by atoms with Crippen LogP contribution in [0.4, 0.5) is 4.79 Å². The maximum Gasteiger partial charge on any atom is 0.410 e. The summed E-state index contributed by atoms with van der Waals surface area (Å²) in [4.78, 5) is 31.3. The van der Waals surface area contributed by atoms with Crippen LogP contribution in [0.5, 0.6) is 5.88 Å². The van der Waals surface area contributed by atoms with E-state index in [1.807, 2.05) is 30.0 Å². The van der Waals surface area contributed by atoms with Gasteiger partial charge in [0.25, 0.3) is 0 Å². The lowest BCUT2D eigenvalue weighted by Gasteiger charge is -2.38. The van der Waals surface area contributed by atoms with Crippen LogP contribution < -0.4 is 5.69 Å². The number of hydrogen-bond donors (Lipinski definition) is 2. The molecule has 242 valence electrons. The molecule has 0 unspecified atom stereocenters. The molecule has 2 heterocycles. The van der Waals surface area contributed by atoms with Gasteiger partial charge in [-0.25, -0.2) is 9.59 Å². The zero-order valence-electron chi connectivity index (χ0n) is 27.4. The van der Waals surface area contributed by atoms with Gasteiger partial charge >= 0.3 is 11.8 Å². The maximum absolute atomic E-state index is 13.6. The Labute approximate surface area is 277 Å². The molecule has 0 radical (unpaired) electrons. The van der Waals surface area contributed by atoms with Gasteiger partial charge in [0.05, 0.1) is 10.4 Å². The third kappa shape index (κ3) is 6.35. The molecule has 3 aromatic carbocycles. The summed E-state index contributed by atoms with van der Waals surface area (Å²) in [6.07, 6.45) is 2.12. The molecule has 1 aliphatic heterocycles. The number of hydrogen-bond acceptors (Lipinski definition) is 5. The largest absolute Gasteiger partial charge is 0.493 e. The molecule has 0 saturated carbocycles. The molecule has 1 amide bonds. The molecule has 2 atom stereocenters. The van der Waals surface area contributed by atoms with Crippen molar-refractivity contribution in [3.8, 4) is 5.88 Å². The molecule has 1 saturated heterocycles. The lowest BCUT2D eigenvalue weighted by molar-refractivity contribution is 0.107. The number of rotatable bonds is 10. The van der Waals surface area contributed by atoms with Gasteiger partial charge in [0, 0.05) is 24.3 Å². The Kier molecular flexibility index (Phi) is 9.74. The molecule has 0 aliphatic carbocycles. The molecule has 0 spiro atoms. The molecular formula is C37H45N3O4SSi. The number of carbonyl (C=O) groups is 1. The summed E-state index contributed by atoms with van der Waals surface area (Å²) < 4.78 is 6.84. The number of ether oxygens (including phenoxy) is 1. The second kappa shape index (κ2) is 13.4. The second-order valence-electron chi connectivity index (χ2n) is 13.5. The van der Waals surface area contributed by atoms with E-state index in [0.29, 0.717) is 25.1 Å². The molecule has 7 nitrogen and oxygen atoms in total. The number of nitrogens with zero attached hydrogens (tertiary/aromatic N) is 2. The summed E-state index contributed by atoms with van der Waals surface area (Å²) in [5.41, 5.74) is 3.69. The van der Waals surface area contributed by atoms with E-state index in [1.165, 1.54) is 0 Å². The average molecular weight is 656 g/mol. The third-order valence-electron chi connectivity index (χ3n) is 9.61. The van der Waals surface area contributed by atoms with Crippen molar-refractivity contribution in [2.75, 3.05) is 13.2 Å². The molecule has 2 N–H and O–H groups in total. The molecule has 46 heavy (non-hydrogen) atoms. The van der Waals surface area contributed by atoms with E-state index in [-0.39, 0.29) is 34.5 Å². The van der Waals surface area contributed by atoms with E-state index in [1.54, 1.807) is 15.2 Å². The van der Waals surface area contributed by atoms with Gasteiger partial charge in [0.15, 0.2) is 8.24 Å². The smallest absolute Gasteiger partial charge is 0.410 e. The van der Waals surface area contributed by atoms with Crippen LogP contribution in [0, 0.1) is 0 Å². The summed E-state index contributed by atoms with van der Waals surface area (Å²) in [5.74, 6) is -0.127. The molecule has 9 heteroatoms. The van der Waals surface area contributed by atoms with Crippen LogP contribution in [0.25, 0.3) is 0 Å². The number of amides is 1. The predicted octanol–water partition coefficient (Wildman–Crippen LogP) is 7.77. The summed E-state index contributed by atoms with van der Waals surface area (Å²) in [7, 11) is -2.42. The minimum absolute atomic E-state index is 0.0102. The van der Waals surface area contributed by atoms with Crippen LogP contribution in [-0.4, -0.2) is 58.0 Å². The topological polar surface area (TPSA) is 87.6 Å². The maximum atomic E-state index is 13.6. The number of imidazole rings is 1. The van der Waals surface area contributed by atoms with Gasteiger partial charge < -0.3 is 19.0 Å². The van der Waals surface area contributed by atoms with Crippen LogP contribution in [0.2, 0.25) is 18.1 Å². The third-order valence-corrected chi connectivity index (χ3v) is 16.6. The first-order valence-corrected chi connectivity index (χ1v) is 19.6. The van der Waals surface area contributed by atoms with E-state index in [0.717, 1.165) is 16.7 Å². The normalized spacial score (nSPS) is 17.2. The number of H-pyrrole nitrogens is 1. The molecule has 1 aliphatic rings. The number of nitrogens with one attached hydrogen (secondary N) is 1. The summed E-state index contributed by atoms with van der Waals surface area (Å²) >= 11 is 1.84. The summed E-state index contributed by atoms with van der Waals surface area (Å²) in [5, 5.41) is 10.9. The lowest BCUT2D eigenvalue weighted by Crippen LogP contribution is -2.51. The lowest BCUT2D eigenvalue weighted by atomic mass is 9.84. The van der Waals surface area contributed by atoms with Crippen LogP contribution in [0.15, 0.2) is 108 Å². The Balaban J connectivity index is 1.59. The zero-order valence-corrected chi connectivity index (χ0v) is 29.2. The number of likely N-dealkylation sites (tertiary alicyclic amines) is 1. The van der Waals surface area contributed by atoms with E-state index in [2.05, 4.69) is 118 Å². The van der Waals surface area contributed by atoms with E-state index < -0.39 is 19.1 Å². The van der Waals surface area contributed by atoms with Gasteiger partial charge in [-0.2, -0.15) is 0 Å². The molecule has 1 fully saturated rings. The number of benzene rings is 3. The van der Waals surface area contributed by atoms with Crippen molar-refractivity contribution in [3.63, 3.8) is 0 Å². The fourth-order valence-corrected chi connectivity index (χ4v) is 10.3. The van der Waals surface area contributed by atoms with Crippen LogP contribution in [-0.2, 0) is 15.9 Å². The van der Waals surface area contributed by atoms with E-state index >= 15 is 0 Å². The fraction of sp³-hybridized carbons (Fsp3) is 0.351. The average Bonchev–Trinajstić information content (AvgIpc) is 3.58. The van der Waals surface area contributed by atoms with Crippen LogP contribution in [0.1, 0.15) is 49.6 Å². The van der Waals surface area contributed by atoms with Crippen molar-refractivity contribution in [1.82, 2.24) is 14.1 Å². The van der Waals surface area contributed by atoms with Crippen molar-refractivity contribution in [3.05, 3.63) is 137 Å². The quantitative estimate of drug-likeness (QED) is 0.104. The minimum atomic E-state index is -2.42. The Morgan fingerprint density at radius 3 is 1.93 bits per heavy atom. The Morgan fingerprint density at radius 1 is 0.978 bits per heavy atom. The monoisotopic (exact) mass is 655 g/mol. The van der Waals surface area contributed by atoms with E-state index in [4.69, 9.17) is 4.74 Å². The summed E-state index contributed by atoms with van der Waals surface area (Å²) in [6.45, 7) is 15.0. The first-order valence-electron chi connectivity index (χ1n) is 15.8. The Morgan fingerprint density at radius 2 is 1.48 bits per heavy atom. The number of aromatic amines is 1. The highest BCUT2D eigenvalue weighted by molar-refractivity contribution is 8.01. The minimum Gasteiger partial charge on any atom is -0.493 e. The van der Waals surface area contributed by atoms with Gasteiger partial charge in [0.2, 0.25) is 5.88 Å². The Hall–Kier alpha value is -3.95. The number of aromatic nitrogens is 2. The molecule has 1 aromatic heterocycles. The van der Waals surface area contributed by atoms with Crippen LogP contribution in [0.3, 0.4) is 0 Å². The first-order chi connectivity index (χ1) is 21.9. The standard InChI is InChI=1S/C37H45N3O4SSi/c1-7-23-44-35(43)39-26-31(24-30(39)25-32-33(41)38-34(42)40(32)46(5,6)36(2,3)4)45-37(27-17-11-8-12-18-27,28-19-13-9-14-20-28)29-21-15-10-16-22-29/h7-22,30-31,41H,1,23-26H2,2-6H3,(H,38,42)/t30-,31-/m0/s1. The van der Waals surface area contributed by atoms with Gasteiger partial charge in [-0.1, -0.05) is 138 Å². The Bertz CT molecular complexity index is 1600. The highest BCUT2D eigenvalue weighted by Crippen LogP contribution is 2.52. The summed E-state index contributed by atoms with van der Waals surface area (Å²) in [6, 6.07) is 31.3. The highest BCUT2D eigenvalue weighted by atomic mass is 32.2. The number of thioether (sulfide) groups is 1. The highest BCUT2D eigenvalue weighted by Gasteiger charge is 2.46. The van der Waals surface area contributed by atoms with Gasteiger partial charge in [-0.05, 0) is 28.1 Å². The second-order valence-corrected chi connectivity index (χ2v) is 20.1. The zero-order chi connectivity index (χ0) is 33.1. The molecule has 0 bridgehead atoms. The number of carbonyl (C=O) groups excluding carboxylic acids is 1. The van der Waals surface area contributed by atoms with Crippen molar-refractivity contribution in [2.45, 2.75) is 67.8 Å². The number of aromatic hydroxyl groups is 1. The van der Waals surface area contributed by atoms with Crippen molar-refractivity contribution >= 4 is 26.1 Å². The fourth-order valence-electron chi connectivity index (χ4n) is 6.36. The van der Waals surface area contributed by atoms with Crippen molar-refractivity contribution < 1.29 is 14.6 Å². The van der Waals surface area contributed by atoms with Crippen molar-refractivity contribution in [2.24, 2.45) is 0 Å². The van der Waals surface area contributed by atoms with Gasteiger partial charge in [-0.15, -0.1) is 11.8 Å². The van der Waals surface area contributed by atoms with Gasteiger partial charge in [-0.3, -0.25) is 4.98 Å². The van der Waals surface area contributed by atoms with Crippen molar-refractivity contribution in [1.29, 1.82) is 0 Å². The molecular weight excluding hydrogens is 611 g/mol. The first kappa shape index (κ1) is 33.4. The van der Waals surface area contributed by atoms with Crippen LogP contribution >= 0.6 is 11.8 Å². The molecule has 5 rings (SSSR count). The van der Waals surface area contributed by atoms with E-state index in [9.17, 15) is 14.7 Å². The SMILES string of the molecule is C=CCOC(=O)N1C[C@@H](SC(c2ccccc2)(c2ccccc2)c2ccccc2)C[C@H]1Cc1c(O)[nH]c(=O)n1[Si](C)(C)C(C)(C)C. The predicted molar refractivity (Wildman–Crippen MR) is 190 cm³/mol. The van der Waals surface area contributed by atoms with Gasteiger partial charge in [0.1, 0.15) is 6.61 Å².